The third kappa shape index (κ3) is 5.34. The van der Waals surface area contributed by atoms with E-state index in [0.29, 0.717) is 23.5 Å². The molecule has 0 saturated carbocycles. The summed E-state index contributed by atoms with van der Waals surface area (Å²) in [4.78, 5) is 28.3. The Morgan fingerprint density at radius 1 is 1.00 bits per heavy atom. The van der Waals surface area contributed by atoms with Gasteiger partial charge in [-0.2, -0.15) is 0 Å². The van der Waals surface area contributed by atoms with E-state index >= 15 is 0 Å². The SMILES string of the molecule is CCC(C)NC(=O)C(C)N(Cc1ccccc1C)C(=O)CCCN1c2cccc3cccc(c23)S1(=O)=O. The molecule has 1 N–H and O–H groups in total. The Labute approximate surface area is 219 Å². The van der Waals surface area contributed by atoms with E-state index in [0.717, 1.165) is 28.3 Å². The van der Waals surface area contributed by atoms with Crippen LogP contribution in [0, 0.1) is 6.92 Å². The van der Waals surface area contributed by atoms with Crippen LogP contribution in [0.15, 0.2) is 65.6 Å². The molecule has 8 heteroatoms. The number of sulfonamides is 1. The van der Waals surface area contributed by atoms with Crippen molar-refractivity contribution in [3.63, 3.8) is 0 Å². The molecule has 2 atom stereocenters. The van der Waals surface area contributed by atoms with Gasteiger partial charge >= 0.3 is 0 Å². The van der Waals surface area contributed by atoms with Gasteiger partial charge in [0.1, 0.15) is 6.04 Å². The quantitative estimate of drug-likeness (QED) is 0.416. The molecule has 7 nitrogen and oxygen atoms in total. The van der Waals surface area contributed by atoms with Gasteiger partial charge in [0.2, 0.25) is 11.8 Å². The molecule has 3 aromatic carbocycles. The number of aryl methyl sites for hydroxylation is 1. The van der Waals surface area contributed by atoms with E-state index < -0.39 is 16.1 Å². The van der Waals surface area contributed by atoms with Gasteiger partial charge < -0.3 is 10.2 Å². The number of anilines is 1. The van der Waals surface area contributed by atoms with E-state index in [2.05, 4.69) is 5.32 Å². The van der Waals surface area contributed by atoms with Gasteiger partial charge in [0.05, 0.1) is 10.6 Å². The third-order valence-electron chi connectivity index (χ3n) is 7.20. The molecule has 0 saturated heterocycles. The molecule has 196 valence electrons. The number of carbonyl (C=O) groups is 2. The standard InChI is InChI=1S/C29H35N3O4S/c1-5-21(3)30-29(34)22(4)31(19-24-12-7-6-11-20(24)2)27(33)17-10-18-32-25-15-8-13-23-14-9-16-26(28(23)25)37(32,35)36/h6-9,11-16,21-22H,5,10,17-19H2,1-4H3,(H,30,34). The van der Waals surface area contributed by atoms with Crippen LogP contribution in [0.3, 0.4) is 0 Å². The molecule has 37 heavy (non-hydrogen) atoms. The maximum absolute atomic E-state index is 13.5. The fourth-order valence-electron chi connectivity index (χ4n) is 4.74. The van der Waals surface area contributed by atoms with Crippen LogP contribution in [-0.4, -0.2) is 43.8 Å². The lowest BCUT2D eigenvalue weighted by Gasteiger charge is -2.30. The van der Waals surface area contributed by atoms with Crippen molar-refractivity contribution >= 4 is 38.3 Å². The fourth-order valence-corrected chi connectivity index (χ4v) is 6.48. The first-order valence-electron chi connectivity index (χ1n) is 12.8. The molecule has 0 spiro atoms. The number of nitrogens with zero attached hydrogens (tertiary/aromatic N) is 2. The van der Waals surface area contributed by atoms with Crippen LogP contribution in [0.5, 0.6) is 0 Å². The molecule has 2 unspecified atom stereocenters. The van der Waals surface area contributed by atoms with Gasteiger partial charge in [0.15, 0.2) is 0 Å². The number of nitrogens with one attached hydrogen (secondary N) is 1. The molecular weight excluding hydrogens is 486 g/mol. The summed E-state index contributed by atoms with van der Waals surface area (Å²) < 4.78 is 27.9. The lowest BCUT2D eigenvalue weighted by atomic mass is 10.1. The van der Waals surface area contributed by atoms with Gasteiger partial charge in [0, 0.05) is 30.9 Å². The van der Waals surface area contributed by atoms with Gasteiger partial charge in [-0.1, -0.05) is 55.5 Å². The fraction of sp³-hybridized carbons (Fsp3) is 0.379. The summed E-state index contributed by atoms with van der Waals surface area (Å²) in [5.41, 5.74) is 2.67. The predicted octanol–water partition coefficient (Wildman–Crippen LogP) is 4.77. The summed E-state index contributed by atoms with van der Waals surface area (Å²) in [6.07, 6.45) is 1.27. The number of carbonyl (C=O) groups excluding carboxylic acids is 2. The van der Waals surface area contributed by atoms with Crippen molar-refractivity contribution in [3.8, 4) is 0 Å². The van der Waals surface area contributed by atoms with E-state index in [-0.39, 0.29) is 30.8 Å². The highest BCUT2D eigenvalue weighted by atomic mass is 32.2. The first-order chi connectivity index (χ1) is 17.6. The molecule has 0 aromatic heterocycles. The summed E-state index contributed by atoms with van der Waals surface area (Å²) >= 11 is 0. The first-order valence-corrected chi connectivity index (χ1v) is 14.3. The third-order valence-corrected chi connectivity index (χ3v) is 9.06. The molecule has 1 aliphatic rings. The second kappa shape index (κ2) is 10.9. The zero-order valence-corrected chi connectivity index (χ0v) is 22.7. The van der Waals surface area contributed by atoms with Crippen molar-refractivity contribution in [3.05, 3.63) is 71.8 Å². The number of benzene rings is 3. The minimum atomic E-state index is -3.67. The summed E-state index contributed by atoms with van der Waals surface area (Å²) in [7, 11) is -3.67. The molecule has 2 amide bonds. The molecule has 0 radical (unpaired) electrons. The Morgan fingerprint density at radius 2 is 1.70 bits per heavy atom. The predicted molar refractivity (Wildman–Crippen MR) is 147 cm³/mol. The zero-order chi connectivity index (χ0) is 26.7. The van der Waals surface area contributed by atoms with Crippen molar-refractivity contribution in [2.45, 2.75) is 70.5 Å². The maximum Gasteiger partial charge on any atom is 0.265 e. The molecule has 0 aliphatic carbocycles. The maximum atomic E-state index is 13.5. The van der Waals surface area contributed by atoms with Crippen LogP contribution in [-0.2, 0) is 26.2 Å². The van der Waals surface area contributed by atoms with E-state index in [9.17, 15) is 18.0 Å². The molecular formula is C29H35N3O4S. The average molecular weight is 522 g/mol. The van der Waals surface area contributed by atoms with Gasteiger partial charge in [0.25, 0.3) is 10.0 Å². The normalized spacial score (nSPS) is 15.4. The van der Waals surface area contributed by atoms with E-state index in [1.54, 1.807) is 24.0 Å². The van der Waals surface area contributed by atoms with Crippen LogP contribution in [0.4, 0.5) is 5.69 Å². The van der Waals surface area contributed by atoms with E-state index in [1.165, 1.54) is 4.31 Å². The Bertz CT molecular complexity index is 1410. The largest absolute Gasteiger partial charge is 0.352 e. The topological polar surface area (TPSA) is 86.8 Å². The number of amides is 2. The van der Waals surface area contributed by atoms with Crippen molar-refractivity contribution in [1.29, 1.82) is 0 Å². The van der Waals surface area contributed by atoms with Crippen LogP contribution >= 0.6 is 0 Å². The van der Waals surface area contributed by atoms with Crippen molar-refractivity contribution < 1.29 is 18.0 Å². The van der Waals surface area contributed by atoms with Crippen molar-refractivity contribution in [1.82, 2.24) is 10.2 Å². The van der Waals surface area contributed by atoms with Gasteiger partial charge in [-0.3, -0.25) is 13.9 Å². The lowest BCUT2D eigenvalue weighted by molar-refractivity contribution is -0.140. The highest BCUT2D eigenvalue weighted by Crippen LogP contribution is 2.42. The van der Waals surface area contributed by atoms with Gasteiger partial charge in [-0.15, -0.1) is 0 Å². The van der Waals surface area contributed by atoms with Crippen molar-refractivity contribution in [2.75, 3.05) is 10.8 Å². The van der Waals surface area contributed by atoms with Gasteiger partial charge in [-0.25, -0.2) is 8.42 Å². The van der Waals surface area contributed by atoms with Crippen LogP contribution in [0.25, 0.3) is 10.8 Å². The summed E-state index contributed by atoms with van der Waals surface area (Å²) in [6, 6.07) is 18.0. The minimum absolute atomic E-state index is 0.00933. The molecule has 1 heterocycles. The number of hydrogen-bond donors (Lipinski definition) is 1. The number of rotatable bonds is 10. The van der Waals surface area contributed by atoms with Crippen LogP contribution in [0.2, 0.25) is 0 Å². The average Bonchev–Trinajstić information content (AvgIpc) is 3.10. The van der Waals surface area contributed by atoms with E-state index in [1.807, 2.05) is 69.3 Å². The zero-order valence-electron chi connectivity index (χ0n) is 21.9. The molecule has 0 fully saturated rings. The molecule has 1 aliphatic heterocycles. The summed E-state index contributed by atoms with van der Waals surface area (Å²) in [6.45, 7) is 8.17. The first kappa shape index (κ1) is 26.7. The number of hydrogen-bond acceptors (Lipinski definition) is 4. The monoisotopic (exact) mass is 521 g/mol. The molecule has 4 rings (SSSR count). The Balaban J connectivity index is 1.50. The van der Waals surface area contributed by atoms with Crippen molar-refractivity contribution in [2.24, 2.45) is 0 Å². The minimum Gasteiger partial charge on any atom is -0.352 e. The van der Waals surface area contributed by atoms with E-state index in [4.69, 9.17) is 0 Å². The van der Waals surface area contributed by atoms with Crippen LogP contribution < -0.4 is 9.62 Å². The summed E-state index contributed by atoms with van der Waals surface area (Å²) in [5, 5.41) is 4.58. The Hall–Kier alpha value is -3.39. The second-order valence-corrected chi connectivity index (χ2v) is 11.6. The summed E-state index contributed by atoms with van der Waals surface area (Å²) in [5.74, 6) is -0.372. The molecule has 3 aromatic rings. The second-order valence-electron chi connectivity index (χ2n) is 9.75. The van der Waals surface area contributed by atoms with Gasteiger partial charge in [-0.05, 0) is 62.3 Å². The Morgan fingerprint density at radius 3 is 2.41 bits per heavy atom. The highest BCUT2D eigenvalue weighted by molar-refractivity contribution is 7.93. The van der Waals surface area contributed by atoms with Crippen LogP contribution in [0.1, 0.15) is 51.2 Å². The Kier molecular flexibility index (Phi) is 7.87. The lowest BCUT2D eigenvalue weighted by Crippen LogP contribution is -2.49. The molecule has 0 bridgehead atoms. The smallest absolute Gasteiger partial charge is 0.265 e. The highest BCUT2D eigenvalue weighted by Gasteiger charge is 2.35.